The predicted molar refractivity (Wildman–Crippen MR) is 77.4 cm³/mol. The van der Waals surface area contributed by atoms with E-state index in [2.05, 4.69) is 41.4 Å². The van der Waals surface area contributed by atoms with Crippen molar-refractivity contribution < 1.29 is 0 Å². The maximum absolute atomic E-state index is 4.30. The minimum absolute atomic E-state index is 0.483. The van der Waals surface area contributed by atoms with Crippen LogP contribution in [0.2, 0.25) is 0 Å². The molecule has 1 aliphatic carbocycles. The van der Waals surface area contributed by atoms with E-state index in [1.807, 2.05) is 4.52 Å². The van der Waals surface area contributed by atoms with Crippen LogP contribution in [0.5, 0.6) is 0 Å². The standard InChI is InChI=1S/C15H22N4/c1-3-15(6-4-5-7-15)10-16-13-8-12(2)9-14-17-11-18-19(13)14/h8-9,11,16H,3-7,10H2,1-2H3. The van der Waals surface area contributed by atoms with Gasteiger partial charge < -0.3 is 5.32 Å². The first-order valence-electron chi connectivity index (χ1n) is 7.27. The molecular formula is C15H22N4. The molecule has 0 aliphatic heterocycles. The Kier molecular flexibility index (Phi) is 3.17. The number of fused-ring (bicyclic) bond motifs is 1. The number of aryl methyl sites for hydroxylation is 1. The Balaban J connectivity index is 1.83. The second kappa shape index (κ2) is 4.83. The third-order valence-electron chi connectivity index (χ3n) is 4.58. The van der Waals surface area contributed by atoms with E-state index in [0.29, 0.717) is 5.41 Å². The summed E-state index contributed by atoms with van der Waals surface area (Å²) in [6.45, 7) is 5.46. The van der Waals surface area contributed by atoms with Crippen molar-refractivity contribution in [3.63, 3.8) is 0 Å². The van der Waals surface area contributed by atoms with Crippen molar-refractivity contribution in [1.82, 2.24) is 14.6 Å². The lowest BCUT2D eigenvalue weighted by molar-refractivity contribution is 0.306. The average Bonchev–Trinajstić information content (AvgIpc) is 3.05. The van der Waals surface area contributed by atoms with Crippen LogP contribution in [0.3, 0.4) is 0 Å². The summed E-state index contributed by atoms with van der Waals surface area (Å²) in [5.41, 5.74) is 2.62. The van der Waals surface area contributed by atoms with Crippen LogP contribution in [-0.4, -0.2) is 21.1 Å². The third kappa shape index (κ3) is 2.31. The van der Waals surface area contributed by atoms with E-state index in [1.54, 1.807) is 6.33 Å². The Morgan fingerprint density at radius 2 is 2.11 bits per heavy atom. The SMILES string of the molecule is CCC1(CNc2cc(C)cc3ncnn23)CCCC1. The average molecular weight is 258 g/mol. The van der Waals surface area contributed by atoms with Gasteiger partial charge in [0.1, 0.15) is 12.1 Å². The quantitative estimate of drug-likeness (QED) is 0.913. The Bertz CT molecular complexity index is 567. The van der Waals surface area contributed by atoms with Crippen LogP contribution >= 0.6 is 0 Å². The monoisotopic (exact) mass is 258 g/mol. The Hall–Kier alpha value is -1.58. The van der Waals surface area contributed by atoms with Crippen LogP contribution in [0.4, 0.5) is 5.82 Å². The molecular weight excluding hydrogens is 236 g/mol. The van der Waals surface area contributed by atoms with Crippen molar-refractivity contribution in [3.05, 3.63) is 24.0 Å². The zero-order valence-electron chi connectivity index (χ0n) is 11.8. The minimum atomic E-state index is 0.483. The number of nitrogens with one attached hydrogen (secondary N) is 1. The molecule has 4 heteroatoms. The van der Waals surface area contributed by atoms with Crippen molar-refractivity contribution in [2.45, 2.75) is 46.0 Å². The maximum atomic E-state index is 4.30. The van der Waals surface area contributed by atoms with Crippen LogP contribution in [0.1, 0.15) is 44.6 Å². The fourth-order valence-corrected chi connectivity index (χ4v) is 3.24. The van der Waals surface area contributed by atoms with E-state index in [4.69, 9.17) is 0 Å². The Labute approximate surface area is 114 Å². The highest BCUT2D eigenvalue weighted by Crippen LogP contribution is 2.40. The van der Waals surface area contributed by atoms with Gasteiger partial charge in [-0.1, -0.05) is 19.8 Å². The molecule has 1 saturated carbocycles. The molecule has 0 bridgehead atoms. The lowest BCUT2D eigenvalue weighted by Crippen LogP contribution is -2.26. The van der Waals surface area contributed by atoms with Crippen LogP contribution in [0, 0.1) is 12.3 Å². The van der Waals surface area contributed by atoms with Crippen molar-refractivity contribution in [2.24, 2.45) is 5.41 Å². The van der Waals surface area contributed by atoms with Gasteiger partial charge in [0.2, 0.25) is 0 Å². The molecule has 0 radical (unpaired) electrons. The normalized spacial score (nSPS) is 18.0. The molecule has 2 aromatic rings. The summed E-state index contributed by atoms with van der Waals surface area (Å²) in [4.78, 5) is 4.27. The van der Waals surface area contributed by atoms with Crippen molar-refractivity contribution >= 4 is 11.5 Å². The lowest BCUT2D eigenvalue weighted by Gasteiger charge is -2.28. The molecule has 0 unspecified atom stereocenters. The van der Waals surface area contributed by atoms with Crippen LogP contribution < -0.4 is 5.32 Å². The van der Waals surface area contributed by atoms with Crippen molar-refractivity contribution in [2.75, 3.05) is 11.9 Å². The lowest BCUT2D eigenvalue weighted by atomic mass is 9.83. The highest BCUT2D eigenvalue weighted by Gasteiger charge is 2.31. The molecule has 2 aromatic heterocycles. The number of rotatable bonds is 4. The zero-order valence-corrected chi connectivity index (χ0v) is 11.8. The molecule has 19 heavy (non-hydrogen) atoms. The first-order chi connectivity index (χ1) is 9.22. The first-order valence-corrected chi connectivity index (χ1v) is 7.27. The number of aromatic nitrogens is 3. The number of anilines is 1. The van der Waals surface area contributed by atoms with Gasteiger partial charge in [-0.25, -0.2) is 4.98 Å². The molecule has 0 saturated heterocycles. The molecule has 0 spiro atoms. The number of pyridine rings is 1. The van der Waals surface area contributed by atoms with Gasteiger partial charge in [0.05, 0.1) is 0 Å². The molecule has 4 nitrogen and oxygen atoms in total. The summed E-state index contributed by atoms with van der Waals surface area (Å²) in [5, 5.41) is 7.91. The Morgan fingerprint density at radius 1 is 1.32 bits per heavy atom. The highest BCUT2D eigenvalue weighted by atomic mass is 15.3. The van der Waals surface area contributed by atoms with Gasteiger partial charge in [0.25, 0.3) is 0 Å². The van der Waals surface area contributed by atoms with E-state index in [1.165, 1.54) is 37.7 Å². The van der Waals surface area contributed by atoms with Gasteiger partial charge in [-0.2, -0.15) is 9.61 Å². The van der Waals surface area contributed by atoms with Crippen LogP contribution in [0.25, 0.3) is 5.65 Å². The maximum Gasteiger partial charge on any atom is 0.157 e. The topological polar surface area (TPSA) is 42.2 Å². The summed E-state index contributed by atoms with van der Waals surface area (Å²) < 4.78 is 1.89. The fourth-order valence-electron chi connectivity index (χ4n) is 3.24. The van der Waals surface area contributed by atoms with Crippen molar-refractivity contribution in [1.29, 1.82) is 0 Å². The second-order valence-electron chi connectivity index (χ2n) is 5.86. The number of nitrogens with zero attached hydrogens (tertiary/aromatic N) is 3. The summed E-state index contributed by atoms with van der Waals surface area (Å²) >= 11 is 0. The Morgan fingerprint density at radius 3 is 2.84 bits per heavy atom. The summed E-state index contributed by atoms with van der Waals surface area (Å²) in [5.74, 6) is 1.06. The molecule has 1 aliphatic rings. The van der Waals surface area contributed by atoms with Gasteiger partial charge in [0.15, 0.2) is 5.65 Å². The van der Waals surface area contributed by atoms with Crippen molar-refractivity contribution in [3.8, 4) is 0 Å². The molecule has 0 amide bonds. The number of hydrogen-bond donors (Lipinski definition) is 1. The molecule has 102 valence electrons. The molecule has 0 atom stereocenters. The van der Waals surface area contributed by atoms with Gasteiger partial charge in [0, 0.05) is 6.54 Å². The molecule has 2 heterocycles. The summed E-state index contributed by atoms with van der Waals surface area (Å²) in [6.07, 6.45) is 8.33. The predicted octanol–water partition coefficient (Wildman–Crippen LogP) is 3.42. The van der Waals surface area contributed by atoms with Gasteiger partial charge in [-0.05, 0) is 49.3 Å². The fraction of sp³-hybridized carbons (Fsp3) is 0.600. The van der Waals surface area contributed by atoms with E-state index in [9.17, 15) is 0 Å². The smallest absolute Gasteiger partial charge is 0.157 e. The first kappa shape index (κ1) is 12.5. The van der Waals surface area contributed by atoms with Crippen LogP contribution in [0.15, 0.2) is 18.5 Å². The van der Waals surface area contributed by atoms with Gasteiger partial charge in [-0.15, -0.1) is 0 Å². The zero-order chi connectivity index (χ0) is 13.3. The minimum Gasteiger partial charge on any atom is -0.369 e. The highest BCUT2D eigenvalue weighted by molar-refractivity contribution is 5.51. The molecule has 3 rings (SSSR count). The summed E-state index contributed by atoms with van der Waals surface area (Å²) in [6, 6.07) is 4.21. The molecule has 1 fully saturated rings. The van der Waals surface area contributed by atoms with E-state index >= 15 is 0 Å². The number of hydrogen-bond acceptors (Lipinski definition) is 3. The molecule has 0 aromatic carbocycles. The second-order valence-corrected chi connectivity index (χ2v) is 5.86. The third-order valence-corrected chi connectivity index (χ3v) is 4.58. The summed E-state index contributed by atoms with van der Waals surface area (Å²) in [7, 11) is 0. The van der Waals surface area contributed by atoms with Gasteiger partial charge in [-0.3, -0.25) is 0 Å². The largest absolute Gasteiger partial charge is 0.369 e. The molecule has 1 N–H and O–H groups in total. The van der Waals surface area contributed by atoms with Gasteiger partial charge >= 0.3 is 0 Å². The van der Waals surface area contributed by atoms with E-state index in [0.717, 1.165) is 18.0 Å². The van der Waals surface area contributed by atoms with E-state index < -0.39 is 0 Å². The van der Waals surface area contributed by atoms with E-state index in [-0.39, 0.29) is 0 Å². The van der Waals surface area contributed by atoms with Crippen LogP contribution in [-0.2, 0) is 0 Å².